The van der Waals surface area contributed by atoms with Crippen molar-refractivity contribution >= 4 is 30.7 Å². The van der Waals surface area contributed by atoms with Gasteiger partial charge in [0.05, 0.1) is 17.0 Å². The number of aryl methyl sites for hydroxylation is 1. The third-order valence-electron chi connectivity index (χ3n) is 4.13. The first-order chi connectivity index (χ1) is 10.6. The lowest BCUT2D eigenvalue weighted by atomic mass is 10.1. The lowest BCUT2D eigenvalue weighted by Gasteiger charge is -2.13. The number of amides is 1. The van der Waals surface area contributed by atoms with E-state index < -0.39 is 0 Å². The molecule has 1 heterocycles. The summed E-state index contributed by atoms with van der Waals surface area (Å²) in [5, 5.41) is 2.92. The first kappa shape index (κ1) is 20.4. The van der Waals surface area contributed by atoms with Crippen LogP contribution < -0.4 is 11.1 Å². The predicted molar refractivity (Wildman–Crippen MR) is 102 cm³/mol. The zero-order valence-corrected chi connectivity index (χ0v) is 15.2. The van der Waals surface area contributed by atoms with Crippen molar-refractivity contribution in [2.75, 3.05) is 6.54 Å². The maximum absolute atomic E-state index is 12.3. The van der Waals surface area contributed by atoms with Gasteiger partial charge in [-0.15, -0.1) is 24.8 Å². The summed E-state index contributed by atoms with van der Waals surface area (Å²) in [6.07, 6.45) is 2.37. The Morgan fingerprint density at radius 3 is 2.46 bits per heavy atom. The van der Waals surface area contributed by atoms with Crippen LogP contribution >= 0.6 is 24.8 Å². The van der Waals surface area contributed by atoms with E-state index >= 15 is 0 Å². The Hall–Kier alpha value is -1.62. The Morgan fingerprint density at radius 1 is 1.21 bits per heavy atom. The third kappa shape index (κ3) is 4.94. The molecule has 0 radical (unpaired) electrons. The van der Waals surface area contributed by atoms with Gasteiger partial charge in [-0.25, -0.2) is 0 Å². The maximum atomic E-state index is 12.3. The van der Waals surface area contributed by atoms with Crippen LogP contribution in [0.15, 0.2) is 42.5 Å². The molecule has 0 aliphatic heterocycles. The first-order valence-corrected chi connectivity index (χ1v) is 7.72. The molecule has 3 rings (SSSR count). The summed E-state index contributed by atoms with van der Waals surface area (Å²) in [7, 11) is 0. The van der Waals surface area contributed by atoms with Gasteiger partial charge in [0.15, 0.2) is 0 Å². The Kier molecular flexibility index (Phi) is 7.67. The summed E-state index contributed by atoms with van der Waals surface area (Å²) in [6.45, 7) is 2.39. The molecule has 0 bridgehead atoms. The van der Waals surface area contributed by atoms with E-state index in [4.69, 9.17) is 5.73 Å². The molecule has 24 heavy (non-hydrogen) atoms. The molecule has 1 aliphatic carbocycles. The highest BCUT2D eigenvalue weighted by Crippen LogP contribution is 2.31. The first-order valence-electron chi connectivity index (χ1n) is 7.72. The topological polar surface area (TPSA) is 68.0 Å². The van der Waals surface area contributed by atoms with Crippen molar-refractivity contribution in [1.29, 1.82) is 0 Å². The lowest BCUT2D eigenvalue weighted by molar-refractivity contribution is 0.0949. The van der Waals surface area contributed by atoms with Gasteiger partial charge in [0.1, 0.15) is 0 Å². The SMILES string of the molecule is Cc1nc(-c2ccccc2)ccc1C(=O)NCC(N)C1CC1.Cl.Cl. The number of nitrogens with two attached hydrogens (primary N) is 1. The smallest absolute Gasteiger partial charge is 0.253 e. The number of carbonyl (C=O) groups is 1. The van der Waals surface area contributed by atoms with Gasteiger partial charge in [0.2, 0.25) is 0 Å². The quantitative estimate of drug-likeness (QED) is 0.850. The number of carbonyl (C=O) groups excluding carboxylic acids is 1. The van der Waals surface area contributed by atoms with Crippen molar-refractivity contribution in [3.8, 4) is 11.3 Å². The van der Waals surface area contributed by atoms with Gasteiger partial charge >= 0.3 is 0 Å². The summed E-state index contributed by atoms with van der Waals surface area (Å²) in [4.78, 5) is 16.8. The Labute approximate surface area is 155 Å². The monoisotopic (exact) mass is 367 g/mol. The van der Waals surface area contributed by atoms with Crippen LogP contribution in [0.4, 0.5) is 0 Å². The number of aromatic nitrogens is 1. The maximum Gasteiger partial charge on any atom is 0.253 e. The van der Waals surface area contributed by atoms with Crippen molar-refractivity contribution in [3.63, 3.8) is 0 Å². The van der Waals surface area contributed by atoms with Crippen molar-refractivity contribution in [1.82, 2.24) is 10.3 Å². The van der Waals surface area contributed by atoms with Crippen molar-refractivity contribution in [3.05, 3.63) is 53.7 Å². The number of hydrogen-bond acceptors (Lipinski definition) is 3. The lowest BCUT2D eigenvalue weighted by Crippen LogP contribution is -2.38. The van der Waals surface area contributed by atoms with Gasteiger partial charge in [-0.3, -0.25) is 9.78 Å². The number of halogens is 2. The van der Waals surface area contributed by atoms with Crippen LogP contribution in [0.25, 0.3) is 11.3 Å². The van der Waals surface area contributed by atoms with Crippen LogP contribution in [0.5, 0.6) is 0 Å². The van der Waals surface area contributed by atoms with E-state index in [-0.39, 0.29) is 36.8 Å². The van der Waals surface area contributed by atoms with E-state index in [0.717, 1.165) is 17.0 Å². The van der Waals surface area contributed by atoms with Gasteiger partial charge in [-0.2, -0.15) is 0 Å². The molecule has 2 aromatic rings. The molecule has 1 fully saturated rings. The number of rotatable bonds is 5. The molecule has 3 N–H and O–H groups in total. The number of benzene rings is 1. The minimum atomic E-state index is -0.0966. The molecule has 1 atom stereocenters. The second-order valence-electron chi connectivity index (χ2n) is 5.91. The fraction of sp³-hybridized carbons (Fsp3) is 0.333. The average molecular weight is 368 g/mol. The minimum absolute atomic E-state index is 0. The number of nitrogens with one attached hydrogen (secondary N) is 1. The molecule has 4 nitrogen and oxygen atoms in total. The van der Waals surface area contributed by atoms with E-state index in [1.807, 2.05) is 49.4 Å². The number of pyridine rings is 1. The zero-order valence-electron chi connectivity index (χ0n) is 13.6. The zero-order chi connectivity index (χ0) is 15.5. The van der Waals surface area contributed by atoms with Gasteiger partial charge in [0, 0.05) is 18.2 Å². The molecule has 1 aliphatic rings. The normalized spacial score (nSPS) is 14.1. The molecule has 130 valence electrons. The van der Waals surface area contributed by atoms with E-state index in [1.165, 1.54) is 12.8 Å². The molecular formula is C18H23Cl2N3O. The standard InChI is InChI=1S/C18H21N3O.2ClH/c1-12-15(18(22)20-11-16(19)13-7-8-13)9-10-17(21-12)14-5-3-2-4-6-14;;/h2-6,9-10,13,16H,7-8,11,19H2,1H3,(H,20,22);2*1H. The van der Waals surface area contributed by atoms with Crippen molar-refractivity contribution in [2.24, 2.45) is 11.7 Å². The fourth-order valence-electron chi connectivity index (χ4n) is 2.57. The van der Waals surface area contributed by atoms with Gasteiger partial charge < -0.3 is 11.1 Å². The van der Waals surface area contributed by atoms with Crippen LogP contribution in [0.1, 0.15) is 28.9 Å². The van der Waals surface area contributed by atoms with Crippen LogP contribution in [0.3, 0.4) is 0 Å². The van der Waals surface area contributed by atoms with Gasteiger partial charge in [-0.05, 0) is 37.8 Å². The highest BCUT2D eigenvalue weighted by Gasteiger charge is 2.28. The molecular weight excluding hydrogens is 345 g/mol. The Morgan fingerprint density at radius 2 is 1.88 bits per heavy atom. The summed E-state index contributed by atoms with van der Waals surface area (Å²) in [5.41, 5.74) is 9.29. The predicted octanol–water partition coefficient (Wildman–Crippen LogP) is 3.37. The Bertz CT molecular complexity index is 675. The number of hydrogen-bond donors (Lipinski definition) is 2. The molecule has 0 saturated heterocycles. The van der Waals surface area contributed by atoms with Gasteiger partial charge in [-0.1, -0.05) is 30.3 Å². The fourth-order valence-corrected chi connectivity index (χ4v) is 2.57. The third-order valence-corrected chi connectivity index (χ3v) is 4.13. The van der Waals surface area contributed by atoms with E-state index in [0.29, 0.717) is 18.0 Å². The number of nitrogens with zero attached hydrogens (tertiary/aromatic N) is 1. The molecule has 1 saturated carbocycles. The van der Waals surface area contributed by atoms with Gasteiger partial charge in [0.25, 0.3) is 5.91 Å². The molecule has 6 heteroatoms. The second-order valence-corrected chi connectivity index (χ2v) is 5.91. The molecule has 1 amide bonds. The summed E-state index contributed by atoms with van der Waals surface area (Å²) >= 11 is 0. The second kappa shape index (κ2) is 9.02. The summed E-state index contributed by atoms with van der Waals surface area (Å²) in [5.74, 6) is 0.487. The van der Waals surface area contributed by atoms with Crippen molar-refractivity contribution in [2.45, 2.75) is 25.8 Å². The summed E-state index contributed by atoms with van der Waals surface area (Å²) < 4.78 is 0. The van der Waals surface area contributed by atoms with Crippen molar-refractivity contribution < 1.29 is 4.79 Å². The molecule has 1 unspecified atom stereocenters. The molecule has 1 aromatic heterocycles. The highest BCUT2D eigenvalue weighted by molar-refractivity contribution is 5.95. The minimum Gasteiger partial charge on any atom is -0.350 e. The van der Waals surface area contributed by atoms with Crippen LogP contribution in [-0.4, -0.2) is 23.5 Å². The molecule has 0 spiro atoms. The van der Waals surface area contributed by atoms with Crippen LogP contribution in [0, 0.1) is 12.8 Å². The average Bonchev–Trinajstić information content (AvgIpc) is 3.38. The van der Waals surface area contributed by atoms with E-state index in [2.05, 4.69) is 10.3 Å². The van der Waals surface area contributed by atoms with Crippen LogP contribution in [-0.2, 0) is 0 Å². The van der Waals surface area contributed by atoms with E-state index in [1.54, 1.807) is 0 Å². The summed E-state index contributed by atoms with van der Waals surface area (Å²) in [6, 6.07) is 13.7. The highest BCUT2D eigenvalue weighted by atomic mass is 35.5. The largest absolute Gasteiger partial charge is 0.350 e. The molecule has 1 aromatic carbocycles. The van der Waals surface area contributed by atoms with E-state index in [9.17, 15) is 4.79 Å². The van der Waals surface area contributed by atoms with Crippen LogP contribution in [0.2, 0.25) is 0 Å². The Balaban J connectivity index is 0.00000144.